The molecule has 0 bridgehead atoms. The van der Waals surface area contributed by atoms with Gasteiger partial charge in [-0.05, 0) is 19.8 Å². The molecule has 0 aromatic carbocycles. The van der Waals surface area contributed by atoms with Gasteiger partial charge in [0.15, 0.2) is 0 Å². The third-order valence-electron chi connectivity index (χ3n) is 2.78. The Balaban J connectivity index is 2.68. The molecule has 0 atom stereocenters. The number of unbranched alkanes of at least 4 members (excludes halogenated alkanes) is 3. The maximum atomic E-state index is 11.7. The minimum atomic E-state index is -0.460. The lowest BCUT2D eigenvalue weighted by Crippen LogP contribution is -2.20. The largest absolute Gasteiger partial charge is 0.309 e. The van der Waals surface area contributed by atoms with Crippen molar-refractivity contribution < 1.29 is 4.92 Å². The van der Waals surface area contributed by atoms with Crippen LogP contribution in [-0.2, 0) is 6.54 Å². The Labute approximate surface area is 111 Å². The fraction of sp³-hybridized carbons (Fsp3) is 0.583. The summed E-state index contributed by atoms with van der Waals surface area (Å²) in [6, 6.07) is 1.32. The van der Waals surface area contributed by atoms with Gasteiger partial charge >= 0.3 is 0 Å². The van der Waals surface area contributed by atoms with Gasteiger partial charge in [-0.25, -0.2) is 0 Å². The van der Waals surface area contributed by atoms with Gasteiger partial charge in [-0.15, -0.1) is 11.6 Å². The summed E-state index contributed by atoms with van der Waals surface area (Å²) >= 11 is 5.57. The summed E-state index contributed by atoms with van der Waals surface area (Å²) in [6.45, 7) is 2.09. The zero-order chi connectivity index (χ0) is 13.5. The van der Waals surface area contributed by atoms with Crippen molar-refractivity contribution in [1.82, 2.24) is 4.57 Å². The summed E-state index contributed by atoms with van der Waals surface area (Å²) in [7, 11) is 0. The zero-order valence-corrected chi connectivity index (χ0v) is 11.2. The molecule has 1 aromatic heterocycles. The third-order valence-corrected chi connectivity index (χ3v) is 3.05. The topological polar surface area (TPSA) is 65.1 Å². The number of halogens is 1. The molecule has 1 rings (SSSR count). The van der Waals surface area contributed by atoms with Gasteiger partial charge < -0.3 is 4.57 Å². The lowest BCUT2D eigenvalue weighted by molar-refractivity contribution is -0.385. The van der Waals surface area contributed by atoms with Crippen molar-refractivity contribution in [3.05, 3.63) is 38.3 Å². The number of hydrogen-bond acceptors (Lipinski definition) is 3. The van der Waals surface area contributed by atoms with Gasteiger partial charge in [0.2, 0.25) is 0 Å². The van der Waals surface area contributed by atoms with E-state index >= 15 is 0 Å². The van der Waals surface area contributed by atoms with Crippen LogP contribution in [0.1, 0.15) is 31.2 Å². The van der Waals surface area contributed by atoms with Crippen molar-refractivity contribution in [1.29, 1.82) is 0 Å². The van der Waals surface area contributed by atoms with Crippen molar-refractivity contribution >= 4 is 17.3 Å². The molecule has 0 aliphatic heterocycles. The summed E-state index contributed by atoms with van der Waals surface area (Å²) in [5, 5.41) is 10.8. The molecule has 18 heavy (non-hydrogen) atoms. The molecular formula is C12H17ClN2O3. The highest BCUT2D eigenvalue weighted by atomic mass is 35.5. The molecule has 0 saturated heterocycles. The second-order valence-corrected chi connectivity index (χ2v) is 4.61. The molecule has 0 amide bonds. The molecule has 0 radical (unpaired) electrons. The van der Waals surface area contributed by atoms with Crippen LogP contribution in [0.3, 0.4) is 0 Å². The maximum absolute atomic E-state index is 11.7. The number of aryl methyl sites for hydroxylation is 2. The minimum absolute atomic E-state index is 0.00430. The van der Waals surface area contributed by atoms with Crippen molar-refractivity contribution in [2.75, 3.05) is 5.88 Å². The average molecular weight is 273 g/mol. The molecule has 0 fully saturated rings. The zero-order valence-electron chi connectivity index (χ0n) is 10.4. The number of nitro groups is 1. The third kappa shape index (κ3) is 4.14. The van der Waals surface area contributed by atoms with E-state index in [1.165, 1.54) is 16.8 Å². The van der Waals surface area contributed by atoms with Crippen LogP contribution in [0.2, 0.25) is 0 Å². The lowest BCUT2D eigenvalue weighted by Gasteiger charge is -2.06. The highest BCUT2D eigenvalue weighted by Crippen LogP contribution is 2.14. The first-order chi connectivity index (χ1) is 8.56. The van der Waals surface area contributed by atoms with E-state index in [1.54, 1.807) is 6.92 Å². The van der Waals surface area contributed by atoms with E-state index in [0.29, 0.717) is 18.0 Å². The van der Waals surface area contributed by atoms with E-state index in [4.69, 9.17) is 11.6 Å². The summed E-state index contributed by atoms with van der Waals surface area (Å²) in [4.78, 5) is 22.0. The van der Waals surface area contributed by atoms with Gasteiger partial charge in [0.05, 0.1) is 11.1 Å². The van der Waals surface area contributed by atoms with Crippen molar-refractivity contribution in [2.24, 2.45) is 0 Å². The predicted molar refractivity (Wildman–Crippen MR) is 71.3 cm³/mol. The molecule has 0 N–H and O–H groups in total. The second kappa shape index (κ2) is 7.16. The number of alkyl halides is 1. The molecule has 0 aliphatic carbocycles. The SMILES string of the molecule is Cc1cc(=O)n(CCCCCCCl)cc1[N+](=O)[O-]. The van der Waals surface area contributed by atoms with Gasteiger partial charge in [0.25, 0.3) is 11.2 Å². The van der Waals surface area contributed by atoms with E-state index in [9.17, 15) is 14.9 Å². The van der Waals surface area contributed by atoms with Crippen LogP contribution in [-0.4, -0.2) is 15.4 Å². The molecule has 1 heterocycles. The van der Waals surface area contributed by atoms with Gasteiger partial charge in [-0.3, -0.25) is 14.9 Å². The molecular weight excluding hydrogens is 256 g/mol. The van der Waals surface area contributed by atoms with Crippen LogP contribution in [0.5, 0.6) is 0 Å². The van der Waals surface area contributed by atoms with Gasteiger partial charge in [-0.1, -0.05) is 12.8 Å². The molecule has 5 nitrogen and oxygen atoms in total. The number of nitrogens with zero attached hydrogens (tertiary/aromatic N) is 2. The van der Waals surface area contributed by atoms with Crippen molar-refractivity contribution in [2.45, 2.75) is 39.2 Å². The average Bonchev–Trinajstić information content (AvgIpc) is 2.30. The standard InChI is InChI=1S/C12H17ClN2O3/c1-10-8-12(16)14(9-11(10)15(17)18)7-5-3-2-4-6-13/h8-9H,2-7H2,1H3. The van der Waals surface area contributed by atoms with Gasteiger partial charge in [0.1, 0.15) is 0 Å². The summed E-state index contributed by atoms with van der Waals surface area (Å²) in [5.41, 5.74) is 0.217. The van der Waals surface area contributed by atoms with Gasteiger partial charge in [-0.2, -0.15) is 0 Å². The van der Waals surface area contributed by atoms with Gasteiger partial charge in [0, 0.05) is 24.1 Å². The summed E-state index contributed by atoms with van der Waals surface area (Å²) in [5.74, 6) is 0.649. The second-order valence-electron chi connectivity index (χ2n) is 4.23. The Kier molecular flexibility index (Phi) is 5.85. The Bertz CT molecular complexity index is 471. The van der Waals surface area contributed by atoms with Crippen LogP contribution in [0.4, 0.5) is 5.69 Å². The van der Waals surface area contributed by atoms with E-state index in [1.807, 2.05) is 0 Å². The first-order valence-corrected chi connectivity index (χ1v) is 6.51. The number of aromatic nitrogens is 1. The molecule has 1 aromatic rings. The fourth-order valence-corrected chi connectivity index (χ4v) is 1.94. The first kappa shape index (κ1) is 14.7. The minimum Gasteiger partial charge on any atom is -0.309 e. The van der Waals surface area contributed by atoms with E-state index < -0.39 is 4.92 Å². The molecule has 100 valence electrons. The highest BCUT2D eigenvalue weighted by Gasteiger charge is 2.12. The lowest BCUT2D eigenvalue weighted by atomic mass is 10.2. The van der Waals surface area contributed by atoms with Crippen molar-refractivity contribution in [3.63, 3.8) is 0 Å². The number of rotatable bonds is 7. The van der Waals surface area contributed by atoms with Crippen LogP contribution in [0.15, 0.2) is 17.1 Å². The fourth-order valence-electron chi connectivity index (χ4n) is 1.75. The highest BCUT2D eigenvalue weighted by molar-refractivity contribution is 6.17. The Morgan fingerprint density at radius 2 is 2.00 bits per heavy atom. The smallest absolute Gasteiger partial charge is 0.288 e. The van der Waals surface area contributed by atoms with Crippen LogP contribution >= 0.6 is 11.6 Å². The molecule has 0 spiro atoms. The predicted octanol–water partition coefficient (Wildman–Crippen LogP) is 2.86. The molecule has 0 saturated carbocycles. The summed E-state index contributed by atoms with van der Waals surface area (Å²) < 4.78 is 1.41. The van der Waals surface area contributed by atoms with Crippen molar-refractivity contribution in [3.8, 4) is 0 Å². The normalized spacial score (nSPS) is 10.6. The van der Waals surface area contributed by atoms with E-state index in [-0.39, 0.29) is 11.2 Å². The van der Waals surface area contributed by atoms with E-state index in [0.717, 1.165) is 25.7 Å². The Morgan fingerprint density at radius 1 is 1.33 bits per heavy atom. The first-order valence-electron chi connectivity index (χ1n) is 5.97. The Hall–Kier alpha value is -1.36. The molecule has 6 heteroatoms. The number of pyridine rings is 1. The van der Waals surface area contributed by atoms with Crippen LogP contribution in [0, 0.1) is 17.0 Å². The summed E-state index contributed by atoms with van der Waals surface area (Å²) in [6.07, 6.45) is 5.12. The molecule has 0 unspecified atom stereocenters. The van der Waals surface area contributed by atoms with Crippen LogP contribution < -0.4 is 5.56 Å². The van der Waals surface area contributed by atoms with Crippen LogP contribution in [0.25, 0.3) is 0 Å². The Morgan fingerprint density at radius 3 is 2.61 bits per heavy atom. The maximum Gasteiger partial charge on any atom is 0.288 e. The van der Waals surface area contributed by atoms with E-state index in [2.05, 4.69) is 0 Å². The quantitative estimate of drug-likeness (QED) is 0.332. The number of hydrogen-bond donors (Lipinski definition) is 0. The monoisotopic (exact) mass is 272 g/mol. The molecule has 0 aliphatic rings.